The van der Waals surface area contributed by atoms with Crippen LogP contribution in [-0.4, -0.2) is 19.5 Å². The van der Waals surface area contributed by atoms with Crippen LogP contribution in [0.25, 0.3) is 0 Å². The molecule has 2 rings (SSSR count). The average molecular weight is 311 g/mol. The molecule has 0 atom stereocenters. The topological polar surface area (TPSA) is 18.5 Å². The monoisotopic (exact) mass is 310 g/mol. The highest BCUT2D eigenvalue weighted by Crippen LogP contribution is 2.43. The third-order valence-electron chi connectivity index (χ3n) is 6.08. The fraction of sp³-hybridized carbons (Fsp3) is 1.00. The van der Waals surface area contributed by atoms with Gasteiger partial charge in [-0.15, -0.1) is 0 Å². The maximum absolute atomic E-state index is 5.90. The second kappa shape index (κ2) is 9.27. The molecule has 2 heteroatoms. The number of rotatable bonds is 8. The molecule has 22 heavy (non-hydrogen) atoms. The molecule has 0 unspecified atom stereocenters. The predicted molar refractivity (Wildman–Crippen MR) is 92.9 cm³/mol. The van der Waals surface area contributed by atoms with Crippen molar-refractivity contribution in [3.05, 3.63) is 0 Å². The van der Waals surface area contributed by atoms with Gasteiger partial charge < -0.3 is 9.47 Å². The van der Waals surface area contributed by atoms with Crippen LogP contribution >= 0.6 is 0 Å². The van der Waals surface area contributed by atoms with Crippen molar-refractivity contribution < 1.29 is 9.47 Å². The van der Waals surface area contributed by atoms with E-state index in [0.717, 1.165) is 31.5 Å². The lowest BCUT2D eigenvalue weighted by atomic mass is 9.67. The average Bonchev–Trinajstić information content (AvgIpc) is 2.56. The fourth-order valence-electron chi connectivity index (χ4n) is 4.31. The highest BCUT2D eigenvalue weighted by atomic mass is 16.7. The van der Waals surface area contributed by atoms with Gasteiger partial charge in [-0.2, -0.15) is 0 Å². The normalized spacial score (nSPS) is 36.4. The first-order chi connectivity index (χ1) is 10.7. The van der Waals surface area contributed by atoms with Crippen LogP contribution < -0.4 is 0 Å². The molecule has 1 aliphatic carbocycles. The lowest BCUT2D eigenvalue weighted by Gasteiger charge is -2.45. The molecule has 0 aromatic heterocycles. The summed E-state index contributed by atoms with van der Waals surface area (Å²) in [5, 5.41) is 0. The minimum Gasteiger partial charge on any atom is -0.352 e. The third-order valence-corrected chi connectivity index (χ3v) is 6.08. The zero-order valence-electron chi connectivity index (χ0n) is 15.2. The Morgan fingerprint density at radius 2 is 1.50 bits per heavy atom. The molecule has 2 nitrogen and oxygen atoms in total. The molecule has 0 aromatic carbocycles. The van der Waals surface area contributed by atoms with Crippen LogP contribution in [0.1, 0.15) is 91.4 Å². The molecule has 130 valence electrons. The van der Waals surface area contributed by atoms with Gasteiger partial charge in [0.1, 0.15) is 0 Å². The summed E-state index contributed by atoms with van der Waals surface area (Å²) in [5.74, 6) is 1.80. The van der Waals surface area contributed by atoms with E-state index in [1.807, 2.05) is 0 Å². The summed E-state index contributed by atoms with van der Waals surface area (Å²) in [5.41, 5.74) is 0.262. The Kier molecular flexibility index (Phi) is 7.70. The second-order valence-electron chi connectivity index (χ2n) is 8.03. The molecule has 1 saturated heterocycles. The van der Waals surface area contributed by atoms with Crippen molar-refractivity contribution >= 4 is 0 Å². The highest BCUT2D eigenvalue weighted by molar-refractivity contribution is 4.88. The van der Waals surface area contributed by atoms with Gasteiger partial charge in [0.25, 0.3) is 0 Å². The zero-order chi connectivity index (χ0) is 15.8. The maximum atomic E-state index is 5.90. The lowest BCUT2D eigenvalue weighted by molar-refractivity contribution is -0.239. The van der Waals surface area contributed by atoms with Crippen LogP contribution in [0.3, 0.4) is 0 Å². The zero-order valence-corrected chi connectivity index (χ0v) is 15.2. The van der Waals surface area contributed by atoms with Gasteiger partial charge in [-0.05, 0) is 31.1 Å². The smallest absolute Gasteiger partial charge is 0.157 e. The lowest BCUT2D eigenvalue weighted by Crippen LogP contribution is -2.45. The molecular formula is C20H38O2. The summed E-state index contributed by atoms with van der Waals surface area (Å²) in [7, 11) is 0. The molecule has 2 fully saturated rings. The van der Waals surface area contributed by atoms with E-state index in [1.54, 1.807) is 0 Å². The molecule has 1 heterocycles. The highest BCUT2D eigenvalue weighted by Gasteiger charge is 2.40. The Morgan fingerprint density at radius 3 is 2.09 bits per heavy atom. The molecule has 0 aromatic rings. The Morgan fingerprint density at radius 1 is 0.864 bits per heavy atom. The van der Waals surface area contributed by atoms with E-state index >= 15 is 0 Å². The van der Waals surface area contributed by atoms with Crippen molar-refractivity contribution in [3.8, 4) is 0 Å². The van der Waals surface area contributed by atoms with Crippen molar-refractivity contribution in [2.75, 3.05) is 13.2 Å². The van der Waals surface area contributed by atoms with E-state index in [4.69, 9.17) is 9.47 Å². The van der Waals surface area contributed by atoms with Crippen molar-refractivity contribution in [2.24, 2.45) is 17.3 Å². The summed E-state index contributed by atoms with van der Waals surface area (Å²) in [6.45, 7) is 8.62. The molecule has 0 spiro atoms. The van der Waals surface area contributed by atoms with Gasteiger partial charge in [0.2, 0.25) is 0 Å². The predicted octanol–water partition coefficient (Wildman–Crippen LogP) is 5.94. The first-order valence-electron chi connectivity index (χ1n) is 9.91. The van der Waals surface area contributed by atoms with Crippen LogP contribution in [0.15, 0.2) is 0 Å². The van der Waals surface area contributed by atoms with Crippen molar-refractivity contribution in [1.82, 2.24) is 0 Å². The van der Waals surface area contributed by atoms with E-state index in [9.17, 15) is 0 Å². The minimum atomic E-state index is 0.0486. The summed E-state index contributed by atoms with van der Waals surface area (Å²) in [6.07, 6.45) is 15.3. The minimum absolute atomic E-state index is 0.0486. The SMILES string of the molecule is CCCCCCCC1CCC([C@]2(C)CO[C@H](CC)OC2)CC1. The molecule has 0 N–H and O–H groups in total. The van der Waals surface area contributed by atoms with Gasteiger partial charge >= 0.3 is 0 Å². The largest absolute Gasteiger partial charge is 0.352 e. The Labute approximate surface area is 138 Å². The molecule has 1 saturated carbocycles. The molecule has 0 amide bonds. The van der Waals surface area contributed by atoms with Crippen molar-refractivity contribution in [2.45, 2.75) is 97.7 Å². The Hall–Kier alpha value is -0.0800. The maximum Gasteiger partial charge on any atom is 0.157 e. The van der Waals surface area contributed by atoms with Gasteiger partial charge in [0.05, 0.1) is 13.2 Å². The summed E-state index contributed by atoms with van der Waals surface area (Å²) in [4.78, 5) is 0. The van der Waals surface area contributed by atoms with Crippen LogP contribution in [0.2, 0.25) is 0 Å². The molecule has 2 aliphatic rings. The summed E-state index contributed by atoms with van der Waals surface area (Å²) < 4.78 is 11.8. The van der Waals surface area contributed by atoms with Crippen molar-refractivity contribution in [3.63, 3.8) is 0 Å². The standard InChI is InChI=1S/C20H38O2/c1-4-6-7-8-9-10-17-11-13-18(14-12-17)20(3)15-21-19(5-2)22-16-20/h17-19H,4-16H2,1-3H3/t17?,18?,19-,20+. The summed E-state index contributed by atoms with van der Waals surface area (Å²) in [6, 6.07) is 0. The van der Waals surface area contributed by atoms with Gasteiger partial charge in [-0.25, -0.2) is 0 Å². The van der Waals surface area contributed by atoms with Gasteiger partial charge in [-0.1, -0.05) is 72.1 Å². The van der Waals surface area contributed by atoms with E-state index in [-0.39, 0.29) is 11.7 Å². The molecule has 1 aliphatic heterocycles. The van der Waals surface area contributed by atoms with Gasteiger partial charge in [0.15, 0.2) is 6.29 Å². The third kappa shape index (κ3) is 5.23. The summed E-state index contributed by atoms with van der Waals surface area (Å²) >= 11 is 0. The molecular weight excluding hydrogens is 272 g/mol. The van der Waals surface area contributed by atoms with Gasteiger partial charge in [0, 0.05) is 5.41 Å². The second-order valence-corrected chi connectivity index (χ2v) is 8.03. The van der Waals surface area contributed by atoms with Gasteiger partial charge in [-0.3, -0.25) is 0 Å². The van der Waals surface area contributed by atoms with E-state index < -0.39 is 0 Å². The van der Waals surface area contributed by atoms with Crippen LogP contribution in [0.5, 0.6) is 0 Å². The van der Waals surface area contributed by atoms with E-state index in [1.165, 1.54) is 64.2 Å². The first-order valence-corrected chi connectivity index (χ1v) is 9.91. The van der Waals surface area contributed by atoms with E-state index in [2.05, 4.69) is 20.8 Å². The quantitative estimate of drug-likeness (QED) is 0.516. The Balaban J connectivity index is 1.64. The fourth-order valence-corrected chi connectivity index (χ4v) is 4.31. The van der Waals surface area contributed by atoms with Crippen molar-refractivity contribution in [1.29, 1.82) is 0 Å². The molecule has 0 radical (unpaired) electrons. The number of ether oxygens (including phenoxy) is 2. The van der Waals surface area contributed by atoms with Crippen LogP contribution in [-0.2, 0) is 9.47 Å². The number of unbranched alkanes of at least 4 members (excludes halogenated alkanes) is 4. The van der Waals surface area contributed by atoms with Crippen LogP contribution in [0.4, 0.5) is 0 Å². The number of hydrogen-bond acceptors (Lipinski definition) is 2. The first kappa shape index (κ1) is 18.3. The molecule has 0 bridgehead atoms. The van der Waals surface area contributed by atoms with E-state index in [0.29, 0.717) is 0 Å². The van der Waals surface area contributed by atoms with Crippen LogP contribution in [0, 0.1) is 17.3 Å². The number of hydrogen-bond donors (Lipinski definition) is 0. The Bertz CT molecular complexity index is 286.